The minimum absolute atomic E-state index is 0.0281. The molecule has 120 valence electrons. The molecule has 0 bridgehead atoms. The maximum absolute atomic E-state index is 11.8. The van der Waals surface area contributed by atoms with Crippen molar-refractivity contribution in [2.24, 2.45) is 0 Å². The third-order valence-electron chi connectivity index (χ3n) is 5.96. The van der Waals surface area contributed by atoms with Gasteiger partial charge in [0.25, 0.3) is 0 Å². The number of rotatable bonds is 1. The molecule has 4 rings (SSSR count). The van der Waals surface area contributed by atoms with Crippen molar-refractivity contribution in [3.8, 4) is 0 Å². The molecule has 1 atom stereocenters. The van der Waals surface area contributed by atoms with Gasteiger partial charge in [0.15, 0.2) is 0 Å². The van der Waals surface area contributed by atoms with Gasteiger partial charge in [0.2, 0.25) is 5.91 Å². The topological polar surface area (TPSA) is 29.1 Å². The highest BCUT2D eigenvalue weighted by Gasteiger charge is 2.44. The van der Waals surface area contributed by atoms with Crippen molar-refractivity contribution in [1.29, 1.82) is 0 Å². The number of benzene rings is 2. The Morgan fingerprint density at radius 2 is 1.91 bits per heavy atom. The van der Waals surface area contributed by atoms with Gasteiger partial charge in [-0.1, -0.05) is 56.5 Å². The highest BCUT2D eigenvalue weighted by molar-refractivity contribution is 6.04. The Morgan fingerprint density at radius 3 is 2.65 bits per heavy atom. The zero-order valence-corrected chi connectivity index (χ0v) is 14.1. The number of carbonyl (C=O) groups is 1. The molecular weight excluding hydrogens is 282 g/mol. The molecule has 23 heavy (non-hydrogen) atoms. The second-order valence-corrected chi connectivity index (χ2v) is 7.56. The lowest BCUT2D eigenvalue weighted by atomic mass is 9.69. The SMILES string of the molecule is CC(=O)Nc1c2c(cc3ccccc13)C1(CCCCC1)C[C@@H]2C. The number of hydrogen-bond acceptors (Lipinski definition) is 1. The first-order valence-electron chi connectivity index (χ1n) is 8.94. The zero-order valence-electron chi connectivity index (χ0n) is 14.1. The van der Waals surface area contributed by atoms with Crippen LogP contribution in [0, 0.1) is 0 Å². The summed E-state index contributed by atoms with van der Waals surface area (Å²) < 4.78 is 0. The van der Waals surface area contributed by atoms with Gasteiger partial charge in [-0.3, -0.25) is 4.79 Å². The molecule has 2 aliphatic carbocycles. The Balaban J connectivity index is 1.99. The van der Waals surface area contributed by atoms with E-state index in [1.165, 1.54) is 60.4 Å². The minimum atomic E-state index is 0.0281. The summed E-state index contributed by atoms with van der Waals surface area (Å²) in [6.45, 7) is 3.95. The summed E-state index contributed by atoms with van der Waals surface area (Å²) in [5.74, 6) is 0.551. The second kappa shape index (κ2) is 5.36. The number of hydrogen-bond donors (Lipinski definition) is 1. The highest BCUT2D eigenvalue weighted by atomic mass is 16.1. The summed E-state index contributed by atoms with van der Waals surface area (Å²) in [6.07, 6.45) is 7.91. The Kier molecular flexibility index (Phi) is 3.44. The van der Waals surface area contributed by atoms with Gasteiger partial charge in [-0.2, -0.15) is 0 Å². The largest absolute Gasteiger partial charge is 0.325 e. The number of anilines is 1. The molecule has 0 heterocycles. The Hall–Kier alpha value is -1.83. The van der Waals surface area contributed by atoms with Gasteiger partial charge < -0.3 is 5.32 Å². The lowest BCUT2D eigenvalue weighted by Crippen LogP contribution is -2.26. The van der Waals surface area contributed by atoms with Crippen LogP contribution in [0.2, 0.25) is 0 Å². The molecule has 2 nitrogen and oxygen atoms in total. The van der Waals surface area contributed by atoms with Gasteiger partial charge in [-0.05, 0) is 47.1 Å². The molecule has 1 N–H and O–H groups in total. The maximum Gasteiger partial charge on any atom is 0.221 e. The van der Waals surface area contributed by atoms with E-state index in [4.69, 9.17) is 0 Å². The smallest absolute Gasteiger partial charge is 0.221 e. The fourth-order valence-electron chi connectivity index (χ4n) is 5.13. The average Bonchev–Trinajstić information content (AvgIpc) is 2.79. The molecule has 1 amide bonds. The number of amides is 1. The van der Waals surface area contributed by atoms with Gasteiger partial charge in [-0.25, -0.2) is 0 Å². The van der Waals surface area contributed by atoms with E-state index in [0.717, 1.165) is 5.69 Å². The third kappa shape index (κ3) is 2.27. The Labute approximate surface area is 138 Å². The fourth-order valence-corrected chi connectivity index (χ4v) is 5.13. The molecule has 0 unspecified atom stereocenters. The molecule has 1 fully saturated rings. The van der Waals surface area contributed by atoms with Crippen LogP contribution in [-0.4, -0.2) is 5.91 Å². The minimum Gasteiger partial charge on any atom is -0.325 e. The van der Waals surface area contributed by atoms with Crippen LogP contribution >= 0.6 is 0 Å². The molecule has 0 saturated heterocycles. The van der Waals surface area contributed by atoms with Crippen molar-refractivity contribution in [3.05, 3.63) is 41.5 Å². The van der Waals surface area contributed by atoms with Crippen LogP contribution in [0.1, 0.15) is 69.4 Å². The van der Waals surface area contributed by atoms with E-state index in [2.05, 4.69) is 42.6 Å². The van der Waals surface area contributed by atoms with Crippen molar-refractivity contribution in [1.82, 2.24) is 0 Å². The standard InChI is InChI=1S/C21H25NO/c1-14-13-21(10-6-3-7-11-21)18-12-16-8-4-5-9-17(16)20(19(14)18)22-15(2)23/h4-5,8-9,12,14H,3,6-7,10-11,13H2,1-2H3,(H,22,23)/t14-/m0/s1. The predicted molar refractivity (Wildman–Crippen MR) is 96.0 cm³/mol. The molecule has 0 aromatic heterocycles. The van der Waals surface area contributed by atoms with Gasteiger partial charge in [0.05, 0.1) is 5.69 Å². The van der Waals surface area contributed by atoms with Crippen molar-refractivity contribution < 1.29 is 4.79 Å². The summed E-state index contributed by atoms with van der Waals surface area (Å²) >= 11 is 0. The molecular formula is C21H25NO. The summed E-state index contributed by atoms with van der Waals surface area (Å²) in [6, 6.07) is 10.9. The van der Waals surface area contributed by atoms with E-state index in [9.17, 15) is 4.79 Å². The van der Waals surface area contributed by atoms with Crippen LogP contribution in [0.15, 0.2) is 30.3 Å². The first kappa shape index (κ1) is 14.7. The number of fused-ring (bicyclic) bond motifs is 3. The van der Waals surface area contributed by atoms with Crippen molar-refractivity contribution in [2.75, 3.05) is 5.32 Å². The third-order valence-corrected chi connectivity index (χ3v) is 5.96. The molecule has 2 aromatic carbocycles. The Bertz CT molecular complexity index is 771. The highest BCUT2D eigenvalue weighted by Crippen LogP contribution is 2.56. The molecule has 2 aliphatic rings. The van der Waals surface area contributed by atoms with Gasteiger partial charge in [-0.15, -0.1) is 0 Å². The van der Waals surface area contributed by atoms with Crippen LogP contribution < -0.4 is 5.32 Å². The van der Waals surface area contributed by atoms with Gasteiger partial charge in [0, 0.05) is 12.3 Å². The fraction of sp³-hybridized carbons (Fsp3) is 0.476. The van der Waals surface area contributed by atoms with E-state index in [1.807, 2.05) is 0 Å². The van der Waals surface area contributed by atoms with Crippen molar-refractivity contribution in [3.63, 3.8) is 0 Å². The van der Waals surface area contributed by atoms with Crippen molar-refractivity contribution >= 4 is 22.4 Å². The monoisotopic (exact) mass is 307 g/mol. The lowest BCUT2D eigenvalue weighted by molar-refractivity contribution is -0.114. The van der Waals surface area contributed by atoms with E-state index in [1.54, 1.807) is 6.92 Å². The Morgan fingerprint density at radius 1 is 1.17 bits per heavy atom. The molecule has 1 saturated carbocycles. The van der Waals surface area contributed by atoms with Crippen LogP contribution in [0.25, 0.3) is 10.8 Å². The van der Waals surface area contributed by atoms with E-state index >= 15 is 0 Å². The first-order valence-corrected chi connectivity index (χ1v) is 8.94. The second-order valence-electron chi connectivity index (χ2n) is 7.56. The molecule has 0 aliphatic heterocycles. The quantitative estimate of drug-likeness (QED) is 0.739. The molecule has 2 aromatic rings. The summed E-state index contributed by atoms with van der Waals surface area (Å²) in [5.41, 5.74) is 4.35. The predicted octanol–water partition coefficient (Wildman–Crippen LogP) is 5.51. The number of nitrogens with one attached hydrogen (secondary N) is 1. The van der Waals surface area contributed by atoms with Crippen LogP contribution in [-0.2, 0) is 10.2 Å². The van der Waals surface area contributed by atoms with Gasteiger partial charge >= 0.3 is 0 Å². The molecule has 0 radical (unpaired) electrons. The first-order chi connectivity index (χ1) is 11.1. The molecule has 2 heteroatoms. The normalized spacial score (nSPS) is 22.3. The average molecular weight is 307 g/mol. The zero-order chi connectivity index (χ0) is 16.0. The van der Waals surface area contributed by atoms with E-state index < -0.39 is 0 Å². The molecule has 1 spiro atoms. The summed E-state index contributed by atoms with van der Waals surface area (Å²) in [4.78, 5) is 11.8. The van der Waals surface area contributed by atoms with Crippen LogP contribution in [0.4, 0.5) is 5.69 Å². The number of carbonyl (C=O) groups excluding carboxylic acids is 1. The summed E-state index contributed by atoms with van der Waals surface area (Å²) in [7, 11) is 0. The maximum atomic E-state index is 11.8. The lowest BCUT2D eigenvalue weighted by Gasteiger charge is -2.35. The van der Waals surface area contributed by atoms with Crippen LogP contribution in [0.5, 0.6) is 0 Å². The van der Waals surface area contributed by atoms with E-state index in [-0.39, 0.29) is 5.91 Å². The van der Waals surface area contributed by atoms with Crippen LogP contribution in [0.3, 0.4) is 0 Å². The summed E-state index contributed by atoms with van der Waals surface area (Å²) in [5, 5.41) is 5.60. The van der Waals surface area contributed by atoms with Crippen molar-refractivity contribution in [2.45, 2.75) is 63.7 Å². The van der Waals surface area contributed by atoms with Gasteiger partial charge in [0.1, 0.15) is 0 Å². The van der Waals surface area contributed by atoms with E-state index in [0.29, 0.717) is 11.3 Å².